The van der Waals surface area contributed by atoms with Gasteiger partial charge in [-0.2, -0.15) is 8.78 Å². The summed E-state index contributed by atoms with van der Waals surface area (Å²) in [7, 11) is 1.51. The van der Waals surface area contributed by atoms with Gasteiger partial charge in [-0.3, -0.25) is 10.1 Å². The molecule has 0 unspecified atom stereocenters. The highest BCUT2D eigenvalue weighted by Crippen LogP contribution is 2.37. The van der Waals surface area contributed by atoms with Gasteiger partial charge in [-0.1, -0.05) is 17.9 Å². The number of amides is 1. The van der Waals surface area contributed by atoms with E-state index >= 15 is 0 Å². The molecule has 0 saturated carbocycles. The molecular formula is C14H13F2N3O2S. The van der Waals surface area contributed by atoms with Gasteiger partial charge in [0, 0.05) is 5.56 Å². The molecular weight excluding hydrogens is 312 g/mol. The third kappa shape index (κ3) is 3.28. The number of halogens is 2. The van der Waals surface area contributed by atoms with Gasteiger partial charge in [0.15, 0.2) is 5.01 Å². The smallest absolute Gasteiger partial charge is 0.321 e. The predicted octanol–water partition coefficient (Wildman–Crippen LogP) is 3.47. The van der Waals surface area contributed by atoms with Crippen LogP contribution in [0.15, 0.2) is 36.4 Å². The van der Waals surface area contributed by atoms with Crippen molar-refractivity contribution in [1.82, 2.24) is 10.2 Å². The number of rotatable bonds is 5. The molecule has 8 heteroatoms. The number of nitrogens with one attached hydrogen (secondary N) is 1. The van der Waals surface area contributed by atoms with Crippen molar-refractivity contribution in [1.29, 1.82) is 0 Å². The number of hydrogen-bond donors (Lipinski definition) is 1. The Morgan fingerprint density at radius 3 is 2.50 bits per heavy atom. The lowest BCUT2D eigenvalue weighted by Crippen LogP contribution is -2.13. The quantitative estimate of drug-likeness (QED) is 0.855. The predicted molar refractivity (Wildman–Crippen MR) is 79.6 cm³/mol. The molecule has 2 rings (SSSR count). The molecule has 2 aromatic rings. The molecule has 1 aromatic carbocycles. The molecule has 0 radical (unpaired) electrons. The summed E-state index contributed by atoms with van der Waals surface area (Å²) in [5, 5.41) is 8.88. The number of aromatic nitrogens is 2. The van der Waals surface area contributed by atoms with Crippen LogP contribution in [0, 0.1) is 0 Å². The zero-order valence-electron chi connectivity index (χ0n) is 11.9. The van der Waals surface area contributed by atoms with E-state index in [2.05, 4.69) is 22.1 Å². The summed E-state index contributed by atoms with van der Waals surface area (Å²) in [4.78, 5) is 12.0. The Bertz CT molecular complexity index is 698. The zero-order chi connectivity index (χ0) is 16.3. The first kappa shape index (κ1) is 16.0. The topological polar surface area (TPSA) is 64.1 Å². The molecule has 0 bridgehead atoms. The van der Waals surface area contributed by atoms with Crippen LogP contribution in [0.4, 0.5) is 13.9 Å². The van der Waals surface area contributed by atoms with Crippen LogP contribution in [0.2, 0.25) is 0 Å². The highest BCUT2D eigenvalue weighted by Gasteiger charge is 2.37. The van der Waals surface area contributed by atoms with Gasteiger partial charge in [0.2, 0.25) is 5.13 Å². The second kappa shape index (κ2) is 6.18. The molecule has 0 aliphatic rings. The Morgan fingerprint density at radius 2 is 1.95 bits per heavy atom. The minimum Gasteiger partial charge on any atom is -0.497 e. The van der Waals surface area contributed by atoms with Gasteiger partial charge in [-0.05, 0) is 36.8 Å². The summed E-state index contributed by atoms with van der Waals surface area (Å²) in [6.07, 6.45) is 0. The largest absolute Gasteiger partial charge is 0.497 e. The fourth-order valence-electron chi connectivity index (χ4n) is 1.49. The molecule has 1 aromatic heterocycles. The number of nitrogens with zero attached hydrogens (tertiary/aromatic N) is 2. The Kier molecular flexibility index (Phi) is 4.51. The second-order valence-corrected chi connectivity index (χ2v) is 5.43. The number of ether oxygens (including phenoxy) is 1. The van der Waals surface area contributed by atoms with Gasteiger partial charge in [0.1, 0.15) is 5.75 Å². The molecule has 1 amide bonds. The average molecular weight is 325 g/mol. The van der Waals surface area contributed by atoms with Gasteiger partial charge >= 0.3 is 5.92 Å². The lowest BCUT2D eigenvalue weighted by Gasteiger charge is -2.11. The van der Waals surface area contributed by atoms with E-state index in [-0.39, 0.29) is 10.7 Å². The van der Waals surface area contributed by atoms with Crippen molar-refractivity contribution >= 4 is 22.4 Å². The molecule has 0 atom stereocenters. The zero-order valence-corrected chi connectivity index (χ0v) is 12.7. The Morgan fingerprint density at radius 1 is 1.32 bits per heavy atom. The van der Waals surface area contributed by atoms with Crippen LogP contribution < -0.4 is 10.1 Å². The summed E-state index contributed by atoms with van der Waals surface area (Å²) >= 11 is 0.609. The van der Waals surface area contributed by atoms with Crippen molar-refractivity contribution in [2.75, 3.05) is 12.4 Å². The van der Waals surface area contributed by atoms with Gasteiger partial charge in [0.05, 0.1) is 7.11 Å². The third-order valence-corrected chi connectivity index (χ3v) is 3.71. The monoisotopic (exact) mass is 325 g/mol. The number of methoxy groups -OCH3 is 1. The van der Waals surface area contributed by atoms with Crippen molar-refractivity contribution in [2.24, 2.45) is 0 Å². The number of alkyl halides is 2. The maximum absolute atomic E-state index is 13.7. The number of carbonyl (C=O) groups excluding carboxylic acids is 1. The van der Waals surface area contributed by atoms with E-state index in [1.807, 2.05) is 0 Å². The highest BCUT2D eigenvalue weighted by atomic mass is 32.1. The van der Waals surface area contributed by atoms with Crippen LogP contribution in [0.3, 0.4) is 0 Å². The minimum absolute atomic E-state index is 0.00302. The highest BCUT2D eigenvalue weighted by molar-refractivity contribution is 7.15. The minimum atomic E-state index is -3.26. The first-order chi connectivity index (χ1) is 10.3. The molecule has 0 aliphatic heterocycles. The van der Waals surface area contributed by atoms with E-state index in [9.17, 15) is 13.6 Å². The van der Waals surface area contributed by atoms with Crippen molar-refractivity contribution in [2.45, 2.75) is 12.8 Å². The van der Waals surface area contributed by atoms with Crippen molar-refractivity contribution in [3.8, 4) is 5.75 Å². The first-order valence-electron chi connectivity index (χ1n) is 6.17. The molecule has 116 valence electrons. The van der Waals surface area contributed by atoms with Gasteiger partial charge < -0.3 is 4.74 Å². The number of allylic oxidation sites excluding steroid dienone is 1. The first-order valence-corrected chi connectivity index (χ1v) is 6.99. The molecule has 0 saturated heterocycles. The normalized spacial score (nSPS) is 11.1. The molecule has 0 fully saturated rings. The van der Waals surface area contributed by atoms with Crippen LogP contribution in [0.1, 0.15) is 22.3 Å². The fraction of sp³-hybridized carbons (Fsp3) is 0.214. The van der Waals surface area contributed by atoms with E-state index in [0.29, 0.717) is 22.6 Å². The van der Waals surface area contributed by atoms with Crippen LogP contribution in [0.5, 0.6) is 5.75 Å². The van der Waals surface area contributed by atoms with Crippen molar-refractivity contribution in [3.05, 3.63) is 47.0 Å². The maximum atomic E-state index is 13.7. The number of anilines is 1. The Hall–Kier alpha value is -2.35. The molecule has 1 heterocycles. The summed E-state index contributed by atoms with van der Waals surface area (Å²) in [5.74, 6) is -3.12. The van der Waals surface area contributed by atoms with E-state index in [1.54, 1.807) is 24.3 Å². The van der Waals surface area contributed by atoms with Crippen molar-refractivity contribution < 1.29 is 18.3 Å². The maximum Gasteiger partial charge on any atom is 0.321 e. The molecule has 0 spiro atoms. The summed E-state index contributed by atoms with van der Waals surface area (Å²) < 4.78 is 32.4. The molecule has 0 aliphatic carbocycles. The van der Waals surface area contributed by atoms with E-state index < -0.39 is 16.8 Å². The molecule has 1 N–H and O–H groups in total. The third-order valence-electron chi connectivity index (χ3n) is 2.80. The van der Waals surface area contributed by atoms with Crippen LogP contribution in [0.25, 0.3) is 0 Å². The number of hydrogen-bond acceptors (Lipinski definition) is 5. The average Bonchev–Trinajstić information content (AvgIpc) is 2.96. The van der Waals surface area contributed by atoms with Gasteiger partial charge in [0.25, 0.3) is 5.91 Å². The second-order valence-electron chi connectivity index (χ2n) is 4.45. The number of carbonyl (C=O) groups is 1. The van der Waals surface area contributed by atoms with E-state index in [0.717, 1.165) is 0 Å². The lowest BCUT2D eigenvalue weighted by molar-refractivity contribution is 0.0376. The standard InChI is InChI=1S/C14H13F2N3O2S/c1-8(2)14(15,16)12-18-19-13(22-12)17-11(20)9-4-6-10(21-3)7-5-9/h4-7H,1H2,2-3H3,(H,17,19,20). The van der Waals surface area contributed by atoms with E-state index in [1.165, 1.54) is 14.0 Å². The Labute approximate surface area is 129 Å². The van der Waals surface area contributed by atoms with Crippen LogP contribution in [-0.4, -0.2) is 23.2 Å². The van der Waals surface area contributed by atoms with Crippen LogP contribution in [-0.2, 0) is 5.92 Å². The van der Waals surface area contributed by atoms with Crippen LogP contribution >= 0.6 is 11.3 Å². The van der Waals surface area contributed by atoms with Crippen molar-refractivity contribution in [3.63, 3.8) is 0 Å². The molecule has 5 nitrogen and oxygen atoms in total. The van der Waals surface area contributed by atoms with Gasteiger partial charge in [-0.25, -0.2) is 0 Å². The fourth-order valence-corrected chi connectivity index (χ4v) is 2.29. The van der Waals surface area contributed by atoms with Gasteiger partial charge in [-0.15, -0.1) is 10.2 Å². The van der Waals surface area contributed by atoms with E-state index in [4.69, 9.17) is 4.74 Å². The SMILES string of the molecule is C=C(C)C(F)(F)c1nnc(NC(=O)c2ccc(OC)cc2)s1. The lowest BCUT2D eigenvalue weighted by atomic mass is 10.2. The number of benzene rings is 1. The molecule has 22 heavy (non-hydrogen) atoms. The summed E-state index contributed by atoms with van der Waals surface area (Å²) in [6, 6.07) is 6.35. The summed E-state index contributed by atoms with van der Waals surface area (Å²) in [6.45, 7) is 4.43. The Balaban J connectivity index is 2.12. The summed E-state index contributed by atoms with van der Waals surface area (Å²) in [5.41, 5.74) is 0.0147.